The van der Waals surface area contributed by atoms with E-state index in [1.54, 1.807) is 0 Å². The van der Waals surface area contributed by atoms with Crippen LogP contribution in [0, 0.1) is 6.92 Å². The van der Waals surface area contributed by atoms with Crippen LogP contribution in [0.3, 0.4) is 0 Å². The SMILES string of the molecule is CCc1cccc(C)c1/N=C(\c1ccccc1)c1cccc(/C(=N/c2c(Cl)cccc2CC)c2ccccc2)n1. The van der Waals surface area contributed by atoms with Crippen LogP contribution in [-0.2, 0) is 12.8 Å². The number of hydrogen-bond acceptors (Lipinski definition) is 3. The van der Waals surface area contributed by atoms with Gasteiger partial charge in [-0.1, -0.05) is 123 Å². The van der Waals surface area contributed by atoms with Crippen molar-refractivity contribution in [2.24, 2.45) is 9.98 Å². The molecule has 1 aromatic heterocycles. The van der Waals surface area contributed by atoms with Crippen molar-refractivity contribution in [1.82, 2.24) is 4.98 Å². The minimum atomic E-state index is 0.627. The number of pyridine rings is 1. The third-order valence-electron chi connectivity index (χ3n) is 6.93. The molecular weight excluding hydrogens is 510 g/mol. The van der Waals surface area contributed by atoms with Gasteiger partial charge in [-0.2, -0.15) is 0 Å². The summed E-state index contributed by atoms with van der Waals surface area (Å²) in [6, 6.07) is 38.8. The molecule has 1 heterocycles. The van der Waals surface area contributed by atoms with Crippen molar-refractivity contribution in [2.75, 3.05) is 0 Å². The molecule has 0 saturated carbocycles. The molecule has 0 N–H and O–H groups in total. The maximum absolute atomic E-state index is 6.68. The van der Waals surface area contributed by atoms with Crippen LogP contribution in [0.5, 0.6) is 0 Å². The highest BCUT2D eigenvalue weighted by Gasteiger charge is 2.16. The maximum atomic E-state index is 6.68. The predicted octanol–water partition coefficient (Wildman–Crippen LogP) is 9.51. The Morgan fingerprint density at radius 3 is 1.60 bits per heavy atom. The van der Waals surface area contributed by atoms with E-state index in [-0.39, 0.29) is 0 Å². The number of rotatable bonds is 8. The molecule has 0 bridgehead atoms. The molecule has 0 aliphatic carbocycles. The molecule has 4 aromatic carbocycles. The molecule has 4 heteroatoms. The summed E-state index contributed by atoms with van der Waals surface area (Å²) in [6.45, 7) is 6.39. The van der Waals surface area contributed by atoms with Crippen molar-refractivity contribution in [3.8, 4) is 0 Å². The molecule has 0 amide bonds. The Kier molecular flexibility index (Phi) is 8.63. The van der Waals surface area contributed by atoms with Crippen LogP contribution in [-0.4, -0.2) is 16.4 Å². The van der Waals surface area contributed by atoms with Crippen LogP contribution in [0.15, 0.2) is 125 Å². The smallest absolute Gasteiger partial charge is 0.0966 e. The van der Waals surface area contributed by atoms with Gasteiger partial charge < -0.3 is 0 Å². The average molecular weight is 542 g/mol. The standard InChI is InChI=1S/C36H32ClN3/c1-4-26-20-12-15-25(3)33(26)39-35(28-16-8-6-9-17-28)31-23-14-24-32(38-31)36(29-18-10-7-11-19-29)40-34-27(5-2)21-13-22-30(34)37/h6-24H,4-5H2,1-3H3/b39-35+,40-36+. The van der Waals surface area contributed by atoms with Crippen molar-refractivity contribution in [3.05, 3.63) is 159 Å². The van der Waals surface area contributed by atoms with Gasteiger partial charge in [0, 0.05) is 11.1 Å². The Bertz CT molecular complexity index is 1550. The van der Waals surface area contributed by atoms with Gasteiger partial charge in [0.05, 0.1) is 39.2 Å². The average Bonchev–Trinajstić information content (AvgIpc) is 3.00. The number of aliphatic imine (C=N–C) groups is 2. The van der Waals surface area contributed by atoms with Crippen LogP contribution < -0.4 is 0 Å². The molecule has 0 fully saturated rings. The van der Waals surface area contributed by atoms with Gasteiger partial charge in [0.1, 0.15) is 0 Å². The molecule has 0 aliphatic rings. The minimum Gasteiger partial charge on any atom is -0.246 e. The summed E-state index contributed by atoms with van der Waals surface area (Å²) in [4.78, 5) is 15.6. The highest BCUT2D eigenvalue weighted by molar-refractivity contribution is 6.33. The number of nitrogens with zero attached hydrogens (tertiary/aromatic N) is 3. The second-order valence-corrected chi connectivity index (χ2v) is 10.0. The lowest BCUT2D eigenvalue weighted by atomic mass is 10.0. The van der Waals surface area contributed by atoms with E-state index in [4.69, 9.17) is 26.6 Å². The Hall–Kier alpha value is -4.34. The summed E-state index contributed by atoms with van der Waals surface area (Å²) in [6.07, 6.45) is 1.73. The van der Waals surface area contributed by atoms with Crippen LogP contribution in [0.2, 0.25) is 5.02 Å². The van der Waals surface area contributed by atoms with E-state index in [1.165, 1.54) is 5.56 Å². The van der Waals surface area contributed by atoms with Gasteiger partial charge in [-0.15, -0.1) is 0 Å². The molecule has 0 aliphatic heterocycles. The summed E-state index contributed by atoms with van der Waals surface area (Å²) in [5.41, 5.74) is 10.3. The summed E-state index contributed by atoms with van der Waals surface area (Å²) in [7, 11) is 0. The number of hydrogen-bond donors (Lipinski definition) is 0. The zero-order valence-electron chi connectivity index (χ0n) is 23.1. The largest absolute Gasteiger partial charge is 0.246 e. The summed E-state index contributed by atoms with van der Waals surface area (Å²) in [5, 5.41) is 0.627. The van der Waals surface area contributed by atoms with Gasteiger partial charge in [0.15, 0.2) is 0 Å². The molecule has 40 heavy (non-hydrogen) atoms. The van der Waals surface area contributed by atoms with Gasteiger partial charge in [-0.3, -0.25) is 0 Å². The quantitative estimate of drug-likeness (QED) is 0.180. The molecule has 198 valence electrons. The number of halogens is 1. The fraction of sp³-hybridized carbons (Fsp3) is 0.139. The van der Waals surface area contributed by atoms with E-state index in [0.717, 1.165) is 69.3 Å². The first-order valence-electron chi connectivity index (χ1n) is 13.7. The molecule has 0 spiro atoms. The van der Waals surface area contributed by atoms with E-state index >= 15 is 0 Å². The molecule has 0 radical (unpaired) electrons. The van der Waals surface area contributed by atoms with Crippen LogP contribution in [0.4, 0.5) is 11.4 Å². The van der Waals surface area contributed by atoms with Crippen molar-refractivity contribution < 1.29 is 0 Å². The minimum absolute atomic E-state index is 0.627. The third-order valence-corrected chi connectivity index (χ3v) is 7.23. The summed E-state index contributed by atoms with van der Waals surface area (Å²) in [5.74, 6) is 0. The van der Waals surface area contributed by atoms with Crippen molar-refractivity contribution in [3.63, 3.8) is 0 Å². The lowest BCUT2D eigenvalue weighted by Crippen LogP contribution is -2.12. The Labute approximate surface area is 242 Å². The second kappa shape index (κ2) is 12.7. The number of benzene rings is 4. The first kappa shape index (κ1) is 27.2. The maximum Gasteiger partial charge on any atom is 0.0966 e. The predicted molar refractivity (Wildman–Crippen MR) is 169 cm³/mol. The van der Waals surface area contributed by atoms with Gasteiger partial charge in [0.25, 0.3) is 0 Å². The van der Waals surface area contributed by atoms with Gasteiger partial charge in [-0.25, -0.2) is 15.0 Å². The Balaban J connectivity index is 1.73. The van der Waals surface area contributed by atoms with Gasteiger partial charge in [-0.05, 0) is 54.7 Å². The topological polar surface area (TPSA) is 37.6 Å². The highest BCUT2D eigenvalue weighted by Crippen LogP contribution is 2.31. The first-order chi connectivity index (χ1) is 19.6. The van der Waals surface area contributed by atoms with Crippen LogP contribution >= 0.6 is 11.6 Å². The zero-order valence-corrected chi connectivity index (χ0v) is 23.9. The molecule has 0 atom stereocenters. The fourth-order valence-electron chi connectivity index (χ4n) is 4.79. The third kappa shape index (κ3) is 5.95. The van der Waals surface area contributed by atoms with Gasteiger partial charge >= 0.3 is 0 Å². The summed E-state index contributed by atoms with van der Waals surface area (Å²) >= 11 is 6.68. The first-order valence-corrected chi connectivity index (χ1v) is 14.1. The summed E-state index contributed by atoms with van der Waals surface area (Å²) < 4.78 is 0. The number of aryl methyl sites for hydroxylation is 3. The van der Waals surface area contributed by atoms with E-state index < -0.39 is 0 Å². The van der Waals surface area contributed by atoms with Gasteiger partial charge in [0.2, 0.25) is 0 Å². The lowest BCUT2D eigenvalue weighted by Gasteiger charge is -2.14. The molecule has 5 rings (SSSR count). The molecule has 0 saturated heterocycles. The van der Waals surface area contributed by atoms with E-state index in [1.807, 2.05) is 66.7 Å². The molecule has 0 unspecified atom stereocenters. The molecular formula is C36H32ClN3. The Morgan fingerprint density at radius 1 is 0.575 bits per heavy atom. The normalized spacial score (nSPS) is 12.0. The second-order valence-electron chi connectivity index (χ2n) is 9.60. The van der Waals surface area contributed by atoms with Crippen molar-refractivity contribution in [1.29, 1.82) is 0 Å². The van der Waals surface area contributed by atoms with Crippen molar-refractivity contribution >= 4 is 34.4 Å². The molecule has 5 aromatic rings. The van der Waals surface area contributed by atoms with Crippen LogP contribution in [0.25, 0.3) is 0 Å². The molecule has 3 nitrogen and oxygen atoms in total. The van der Waals surface area contributed by atoms with E-state index in [2.05, 4.69) is 69.3 Å². The Morgan fingerprint density at radius 2 is 1.05 bits per heavy atom. The van der Waals surface area contributed by atoms with E-state index in [9.17, 15) is 0 Å². The monoisotopic (exact) mass is 541 g/mol. The number of aromatic nitrogens is 1. The van der Waals surface area contributed by atoms with Crippen molar-refractivity contribution in [2.45, 2.75) is 33.6 Å². The fourth-order valence-corrected chi connectivity index (χ4v) is 5.03. The zero-order chi connectivity index (χ0) is 27.9. The number of para-hydroxylation sites is 2. The lowest BCUT2D eigenvalue weighted by molar-refractivity contribution is 1.12. The van der Waals surface area contributed by atoms with E-state index in [0.29, 0.717) is 5.02 Å². The highest BCUT2D eigenvalue weighted by atomic mass is 35.5. The van der Waals surface area contributed by atoms with Crippen LogP contribution in [0.1, 0.15) is 53.1 Å².